The molecule has 2 N–H and O–H groups in total. The summed E-state index contributed by atoms with van der Waals surface area (Å²) >= 11 is 11.8. The van der Waals surface area contributed by atoms with Crippen molar-refractivity contribution in [1.29, 1.82) is 0 Å². The number of carbonyl (C=O) groups excluding carboxylic acids is 1. The molecule has 7 heteroatoms. The van der Waals surface area contributed by atoms with Gasteiger partial charge in [0.25, 0.3) is 0 Å². The maximum absolute atomic E-state index is 12.2. The van der Waals surface area contributed by atoms with Crippen LogP contribution in [0.5, 0.6) is 0 Å². The summed E-state index contributed by atoms with van der Waals surface area (Å²) in [5, 5.41) is 12.6. The molecule has 1 atom stereocenters. The first-order valence-electron chi connectivity index (χ1n) is 6.24. The molecule has 1 aliphatic rings. The Morgan fingerprint density at radius 2 is 2.05 bits per heavy atom. The lowest BCUT2D eigenvalue weighted by atomic mass is 10.0. The van der Waals surface area contributed by atoms with Gasteiger partial charge in [-0.05, 0) is 37.5 Å². The minimum atomic E-state index is -0.989. The summed E-state index contributed by atoms with van der Waals surface area (Å²) in [6.07, 6.45) is 2.06. The third kappa shape index (κ3) is 3.35. The van der Waals surface area contributed by atoms with Crippen molar-refractivity contribution in [2.24, 2.45) is 0 Å². The quantitative estimate of drug-likeness (QED) is 0.877. The zero-order chi connectivity index (χ0) is 14.7. The van der Waals surface area contributed by atoms with Crippen LogP contribution in [0.15, 0.2) is 18.2 Å². The SMILES string of the molecule is O=C(O)[C@H]1CCCCN1C(=O)Nc1cc(Cl)ccc1Cl. The van der Waals surface area contributed by atoms with Crippen LogP contribution in [0.3, 0.4) is 0 Å². The average molecular weight is 317 g/mol. The van der Waals surface area contributed by atoms with Crippen LogP contribution in [-0.2, 0) is 4.79 Å². The molecule has 0 bridgehead atoms. The number of halogens is 2. The van der Waals surface area contributed by atoms with E-state index in [0.29, 0.717) is 28.7 Å². The van der Waals surface area contributed by atoms with E-state index in [-0.39, 0.29) is 0 Å². The number of aliphatic carboxylic acids is 1. The summed E-state index contributed by atoms with van der Waals surface area (Å²) in [4.78, 5) is 24.7. The number of carbonyl (C=O) groups is 2. The number of amides is 2. The molecule has 1 heterocycles. The van der Waals surface area contributed by atoms with Gasteiger partial charge in [-0.2, -0.15) is 0 Å². The lowest BCUT2D eigenvalue weighted by molar-refractivity contribution is -0.143. The number of likely N-dealkylation sites (tertiary alicyclic amines) is 1. The minimum absolute atomic E-state index is 0.353. The maximum atomic E-state index is 12.2. The van der Waals surface area contributed by atoms with E-state index in [1.165, 1.54) is 11.0 Å². The van der Waals surface area contributed by atoms with Gasteiger partial charge in [0.05, 0.1) is 10.7 Å². The molecule has 0 saturated carbocycles. The number of hydrogen-bond donors (Lipinski definition) is 2. The van der Waals surface area contributed by atoms with Gasteiger partial charge in [0.2, 0.25) is 0 Å². The molecule has 5 nitrogen and oxygen atoms in total. The van der Waals surface area contributed by atoms with Crippen molar-refractivity contribution in [3.05, 3.63) is 28.2 Å². The molecule has 1 fully saturated rings. The first-order chi connectivity index (χ1) is 9.49. The number of nitrogens with zero attached hydrogens (tertiary/aromatic N) is 1. The lowest BCUT2D eigenvalue weighted by Crippen LogP contribution is -2.49. The lowest BCUT2D eigenvalue weighted by Gasteiger charge is -2.32. The summed E-state index contributed by atoms with van der Waals surface area (Å²) in [6, 6.07) is 3.45. The molecule has 0 aliphatic carbocycles. The molecule has 2 amide bonds. The van der Waals surface area contributed by atoms with Crippen molar-refractivity contribution in [3.8, 4) is 0 Å². The standard InChI is InChI=1S/C13H14Cl2N2O3/c14-8-4-5-9(15)10(7-8)16-13(20)17-6-2-1-3-11(17)12(18)19/h4-5,7,11H,1-3,6H2,(H,16,20)(H,18,19)/t11-/m1/s1. The predicted octanol–water partition coefficient (Wildman–Crippen LogP) is 3.46. The second-order valence-electron chi connectivity index (χ2n) is 4.60. The normalized spacial score (nSPS) is 18.7. The molecule has 20 heavy (non-hydrogen) atoms. The summed E-state index contributed by atoms with van der Waals surface area (Å²) in [6.45, 7) is 0.418. The third-order valence-corrected chi connectivity index (χ3v) is 3.78. The number of carboxylic acids is 1. The first kappa shape index (κ1) is 14.9. The second-order valence-corrected chi connectivity index (χ2v) is 5.44. The van der Waals surface area contributed by atoms with E-state index in [9.17, 15) is 9.59 Å². The van der Waals surface area contributed by atoms with Gasteiger partial charge in [-0.25, -0.2) is 9.59 Å². The van der Waals surface area contributed by atoms with E-state index in [2.05, 4.69) is 5.32 Å². The Morgan fingerprint density at radius 1 is 1.30 bits per heavy atom. The Bertz CT molecular complexity index is 536. The fourth-order valence-electron chi connectivity index (χ4n) is 2.21. The number of urea groups is 1. The van der Waals surface area contributed by atoms with E-state index in [4.69, 9.17) is 28.3 Å². The Labute approximate surface area is 126 Å². The summed E-state index contributed by atoms with van der Waals surface area (Å²) in [5.41, 5.74) is 0.374. The number of nitrogens with one attached hydrogen (secondary N) is 1. The molecule has 2 rings (SSSR count). The zero-order valence-electron chi connectivity index (χ0n) is 10.6. The maximum Gasteiger partial charge on any atom is 0.326 e. The van der Waals surface area contributed by atoms with E-state index in [1.54, 1.807) is 12.1 Å². The molecular formula is C13H14Cl2N2O3. The Balaban J connectivity index is 2.14. The molecule has 0 spiro atoms. The second kappa shape index (κ2) is 6.33. The highest BCUT2D eigenvalue weighted by Crippen LogP contribution is 2.26. The van der Waals surface area contributed by atoms with Crippen molar-refractivity contribution in [3.63, 3.8) is 0 Å². The molecule has 0 radical (unpaired) electrons. The average Bonchev–Trinajstić information content (AvgIpc) is 2.42. The third-order valence-electron chi connectivity index (χ3n) is 3.22. The molecule has 0 aromatic heterocycles. The Kier molecular flexibility index (Phi) is 4.73. The molecule has 108 valence electrons. The molecule has 1 aromatic rings. The summed E-state index contributed by atoms with van der Waals surface area (Å²) in [7, 11) is 0. The topological polar surface area (TPSA) is 69.6 Å². The van der Waals surface area contributed by atoms with E-state index in [1.807, 2.05) is 0 Å². The smallest absolute Gasteiger partial charge is 0.326 e. The fourth-order valence-corrected chi connectivity index (χ4v) is 2.55. The van der Waals surface area contributed by atoms with Gasteiger partial charge in [-0.1, -0.05) is 23.2 Å². The monoisotopic (exact) mass is 316 g/mol. The Hall–Kier alpha value is -1.46. The first-order valence-corrected chi connectivity index (χ1v) is 7.00. The van der Waals surface area contributed by atoms with Crippen LogP contribution in [0.25, 0.3) is 0 Å². The molecule has 1 aliphatic heterocycles. The van der Waals surface area contributed by atoms with Crippen molar-refractivity contribution < 1.29 is 14.7 Å². The zero-order valence-corrected chi connectivity index (χ0v) is 12.1. The van der Waals surface area contributed by atoms with Crippen LogP contribution >= 0.6 is 23.2 Å². The molecule has 0 unspecified atom stereocenters. The van der Waals surface area contributed by atoms with Crippen molar-refractivity contribution >= 4 is 40.9 Å². The summed E-state index contributed by atoms with van der Waals surface area (Å²) in [5.74, 6) is -0.989. The van der Waals surface area contributed by atoms with Gasteiger partial charge in [0.15, 0.2) is 0 Å². The van der Waals surface area contributed by atoms with Gasteiger partial charge in [-0.15, -0.1) is 0 Å². The van der Waals surface area contributed by atoms with Crippen molar-refractivity contribution in [2.45, 2.75) is 25.3 Å². The van der Waals surface area contributed by atoms with Crippen LogP contribution in [0, 0.1) is 0 Å². The number of rotatable bonds is 2. The van der Waals surface area contributed by atoms with Crippen LogP contribution in [0.2, 0.25) is 10.0 Å². The fraction of sp³-hybridized carbons (Fsp3) is 0.385. The van der Waals surface area contributed by atoms with Crippen molar-refractivity contribution in [1.82, 2.24) is 4.90 Å². The molecular weight excluding hydrogens is 303 g/mol. The number of piperidine rings is 1. The van der Waals surface area contributed by atoms with Gasteiger partial charge >= 0.3 is 12.0 Å². The van der Waals surface area contributed by atoms with E-state index >= 15 is 0 Å². The number of hydrogen-bond acceptors (Lipinski definition) is 2. The van der Waals surface area contributed by atoms with Crippen LogP contribution < -0.4 is 5.32 Å². The van der Waals surface area contributed by atoms with E-state index < -0.39 is 18.0 Å². The van der Waals surface area contributed by atoms with E-state index in [0.717, 1.165) is 12.8 Å². The molecule has 1 aromatic carbocycles. The number of anilines is 1. The number of benzene rings is 1. The summed E-state index contributed by atoms with van der Waals surface area (Å²) < 4.78 is 0. The molecule has 1 saturated heterocycles. The highest BCUT2D eigenvalue weighted by atomic mass is 35.5. The van der Waals surface area contributed by atoms with Gasteiger partial charge < -0.3 is 15.3 Å². The van der Waals surface area contributed by atoms with Gasteiger partial charge in [0, 0.05) is 11.6 Å². The predicted molar refractivity (Wildman–Crippen MR) is 77.5 cm³/mol. The van der Waals surface area contributed by atoms with Crippen LogP contribution in [-0.4, -0.2) is 34.6 Å². The van der Waals surface area contributed by atoms with Gasteiger partial charge in [0.1, 0.15) is 6.04 Å². The number of carboxylic acid groups (broad SMARTS) is 1. The largest absolute Gasteiger partial charge is 0.480 e. The van der Waals surface area contributed by atoms with Crippen LogP contribution in [0.4, 0.5) is 10.5 Å². The minimum Gasteiger partial charge on any atom is -0.480 e. The Morgan fingerprint density at radius 3 is 2.75 bits per heavy atom. The highest BCUT2D eigenvalue weighted by Gasteiger charge is 2.32. The van der Waals surface area contributed by atoms with Crippen LogP contribution in [0.1, 0.15) is 19.3 Å². The van der Waals surface area contributed by atoms with Crippen molar-refractivity contribution in [2.75, 3.05) is 11.9 Å². The van der Waals surface area contributed by atoms with Gasteiger partial charge in [-0.3, -0.25) is 0 Å². The highest BCUT2D eigenvalue weighted by molar-refractivity contribution is 6.35.